The van der Waals surface area contributed by atoms with E-state index in [4.69, 9.17) is 9.16 Å². The minimum absolute atomic E-state index is 0.171. The van der Waals surface area contributed by atoms with Gasteiger partial charge in [-0.1, -0.05) is 19.9 Å². The van der Waals surface area contributed by atoms with E-state index in [1.165, 1.54) is 4.90 Å². The van der Waals surface area contributed by atoms with Crippen molar-refractivity contribution in [1.29, 1.82) is 0 Å². The van der Waals surface area contributed by atoms with Crippen molar-refractivity contribution in [2.45, 2.75) is 56.9 Å². The third kappa shape index (κ3) is 7.66. The summed E-state index contributed by atoms with van der Waals surface area (Å²) in [6, 6.07) is 10.3. The molecule has 2 aromatic rings. The van der Waals surface area contributed by atoms with Crippen molar-refractivity contribution in [3.63, 3.8) is 0 Å². The first-order valence-electron chi connectivity index (χ1n) is 12.1. The number of benzene rings is 2. The van der Waals surface area contributed by atoms with Crippen LogP contribution in [0.15, 0.2) is 41.3 Å². The maximum Gasteiger partial charge on any atom is 0.417 e. The van der Waals surface area contributed by atoms with Crippen LogP contribution in [-0.2, 0) is 17.0 Å². The molecule has 1 heterocycles. The molecule has 5 nitrogen and oxygen atoms in total. The molecule has 0 saturated heterocycles. The highest BCUT2D eigenvalue weighted by Crippen LogP contribution is 2.42. The normalized spacial score (nSPS) is 13.8. The number of hydrogen-bond donors (Lipinski definition) is 1. The molecule has 0 fully saturated rings. The van der Waals surface area contributed by atoms with E-state index >= 15 is 0 Å². The SMILES string of the molecule is CSc1cc2c(cc1C(F)(F)F)N(C(=O)Nc1cccc(OCCCO[Si](C)(C)CC(C)C)c1)CC2. The molecule has 0 spiro atoms. The maximum absolute atomic E-state index is 13.5. The fourth-order valence-electron chi connectivity index (χ4n) is 4.51. The highest BCUT2D eigenvalue weighted by Gasteiger charge is 2.36. The second kappa shape index (κ2) is 11.9. The molecule has 1 N–H and O–H groups in total. The average molecular weight is 541 g/mol. The van der Waals surface area contributed by atoms with Crippen LogP contribution in [0, 0.1) is 5.92 Å². The van der Waals surface area contributed by atoms with E-state index < -0.39 is 26.1 Å². The van der Waals surface area contributed by atoms with E-state index in [0.717, 1.165) is 35.9 Å². The van der Waals surface area contributed by atoms with Gasteiger partial charge in [0.25, 0.3) is 0 Å². The van der Waals surface area contributed by atoms with Gasteiger partial charge in [-0.3, -0.25) is 4.90 Å². The molecule has 10 heteroatoms. The second-order valence-corrected chi connectivity index (χ2v) is 15.0. The van der Waals surface area contributed by atoms with Crippen LogP contribution in [0.4, 0.5) is 29.3 Å². The summed E-state index contributed by atoms with van der Waals surface area (Å²) in [4.78, 5) is 14.5. The number of carbonyl (C=O) groups is 1. The van der Waals surface area contributed by atoms with Gasteiger partial charge in [0.1, 0.15) is 5.75 Å². The summed E-state index contributed by atoms with van der Waals surface area (Å²) in [5.41, 5.74) is 0.836. The second-order valence-electron chi connectivity index (χ2n) is 9.95. The summed E-state index contributed by atoms with van der Waals surface area (Å²) in [6.07, 6.45) is -1.60. The Kier molecular flexibility index (Phi) is 9.40. The van der Waals surface area contributed by atoms with Gasteiger partial charge >= 0.3 is 12.2 Å². The number of urea groups is 1. The fourth-order valence-corrected chi connectivity index (χ4v) is 7.95. The number of nitrogens with zero attached hydrogens (tertiary/aromatic N) is 1. The Hall–Kier alpha value is -2.17. The molecule has 2 aromatic carbocycles. The molecular formula is C26H35F3N2O3SSi. The lowest BCUT2D eigenvalue weighted by Crippen LogP contribution is -2.33. The number of rotatable bonds is 10. The minimum atomic E-state index is -4.48. The first-order chi connectivity index (χ1) is 16.9. The average Bonchev–Trinajstić information content (AvgIpc) is 3.20. The van der Waals surface area contributed by atoms with Crippen LogP contribution >= 0.6 is 11.8 Å². The monoisotopic (exact) mass is 540 g/mol. The quantitative estimate of drug-likeness (QED) is 0.191. The summed E-state index contributed by atoms with van der Waals surface area (Å²) in [7, 11) is -1.65. The highest BCUT2D eigenvalue weighted by atomic mass is 32.2. The molecule has 36 heavy (non-hydrogen) atoms. The molecule has 198 valence electrons. The molecular weight excluding hydrogens is 505 g/mol. The Bertz CT molecular complexity index is 1060. The van der Waals surface area contributed by atoms with Gasteiger partial charge in [0.15, 0.2) is 8.32 Å². The van der Waals surface area contributed by atoms with Crippen LogP contribution in [-0.4, -0.2) is 40.4 Å². The van der Waals surface area contributed by atoms with E-state index in [2.05, 4.69) is 32.3 Å². The van der Waals surface area contributed by atoms with Gasteiger partial charge in [-0.2, -0.15) is 13.2 Å². The fraction of sp³-hybridized carbons (Fsp3) is 0.500. The predicted octanol–water partition coefficient (Wildman–Crippen LogP) is 7.67. The van der Waals surface area contributed by atoms with E-state index in [1.807, 2.05) is 0 Å². The third-order valence-corrected chi connectivity index (χ3v) is 9.45. The molecule has 1 aliphatic heterocycles. The van der Waals surface area contributed by atoms with Crippen molar-refractivity contribution in [2.24, 2.45) is 5.92 Å². The van der Waals surface area contributed by atoms with Crippen molar-refractivity contribution in [3.05, 3.63) is 47.5 Å². The van der Waals surface area contributed by atoms with Gasteiger partial charge in [-0.15, -0.1) is 11.8 Å². The van der Waals surface area contributed by atoms with Crippen LogP contribution in [0.25, 0.3) is 0 Å². The Morgan fingerprint density at radius 2 is 1.94 bits per heavy atom. The lowest BCUT2D eigenvalue weighted by atomic mass is 10.1. The Labute approximate surface area is 216 Å². The smallest absolute Gasteiger partial charge is 0.417 e. The van der Waals surface area contributed by atoms with Crippen LogP contribution in [0.5, 0.6) is 5.75 Å². The number of hydrogen-bond acceptors (Lipinski definition) is 4. The summed E-state index contributed by atoms with van der Waals surface area (Å²) < 4.78 is 52.5. The number of ether oxygens (including phenoxy) is 1. The van der Waals surface area contributed by atoms with Crippen molar-refractivity contribution in [1.82, 2.24) is 0 Å². The molecule has 1 aliphatic rings. The van der Waals surface area contributed by atoms with Crippen LogP contribution in [0.3, 0.4) is 0 Å². The lowest BCUT2D eigenvalue weighted by Gasteiger charge is -2.24. The molecule has 3 rings (SSSR count). The zero-order valence-corrected chi connectivity index (χ0v) is 23.3. The standard InChI is InChI=1S/C26H35F3N2O3SSi/c1-18(2)17-36(4,5)34-13-7-12-33-21-9-6-8-20(15-21)30-25(32)31-11-10-19-14-24(35-3)22(16-23(19)31)26(27,28)29/h6,8-9,14-16,18H,7,10-13,17H2,1-5H3,(H,30,32). The zero-order valence-electron chi connectivity index (χ0n) is 21.5. The lowest BCUT2D eigenvalue weighted by molar-refractivity contribution is -0.139. The topological polar surface area (TPSA) is 50.8 Å². The number of nitrogens with one attached hydrogen (secondary N) is 1. The van der Waals surface area contributed by atoms with Crippen LogP contribution < -0.4 is 15.0 Å². The number of fused-ring (bicyclic) bond motifs is 1. The largest absolute Gasteiger partial charge is 0.493 e. The first kappa shape index (κ1) is 28.4. The van der Waals surface area contributed by atoms with Gasteiger partial charge in [0, 0.05) is 41.9 Å². The van der Waals surface area contributed by atoms with Crippen molar-refractivity contribution < 1.29 is 27.1 Å². The zero-order chi connectivity index (χ0) is 26.5. The number of halogens is 3. The van der Waals surface area contributed by atoms with Gasteiger partial charge in [0.05, 0.1) is 12.2 Å². The van der Waals surface area contributed by atoms with Gasteiger partial charge in [0.2, 0.25) is 0 Å². The Morgan fingerprint density at radius 3 is 2.61 bits per heavy atom. The van der Waals surface area contributed by atoms with E-state index in [0.29, 0.717) is 49.2 Å². The Morgan fingerprint density at radius 1 is 1.19 bits per heavy atom. The highest BCUT2D eigenvalue weighted by molar-refractivity contribution is 7.98. The molecule has 0 aliphatic carbocycles. The molecule has 0 saturated carbocycles. The van der Waals surface area contributed by atoms with Crippen molar-refractivity contribution >= 4 is 37.5 Å². The number of anilines is 2. The summed E-state index contributed by atoms with van der Waals surface area (Å²) in [6.45, 7) is 10.3. The van der Waals surface area contributed by atoms with E-state index in [1.54, 1.807) is 36.6 Å². The van der Waals surface area contributed by atoms with Crippen LogP contribution in [0.1, 0.15) is 31.4 Å². The molecule has 0 atom stereocenters. The van der Waals surface area contributed by atoms with Crippen molar-refractivity contribution in [3.8, 4) is 5.75 Å². The van der Waals surface area contributed by atoms with E-state index in [-0.39, 0.29) is 4.90 Å². The van der Waals surface area contributed by atoms with Gasteiger partial charge < -0.3 is 14.5 Å². The summed E-state index contributed by atoms with van der Waals surface area (Å²) in [5, 5.41) is 2.79. The number of carbonyl (C=O) groups excluding carboxylic acids is 1. The number of amides is 2. The molecule has 0 radical (unpaired) electrons. The number of alkyl halides is 3. The Balaban J connectivity index is 1.58. The summed E-state index contributed by atoms with van der Waals surface area (Å²) >= 11 is 1.06. The maximum atomic E-state index is 13.5. The molecule has 0 bridgehead atoms. The molecule has 2 amide bonds. The van der Waals surface area contributed by atoms with Crippen LogP contribution in [0.2, 0.25) is 19.1 Å². The van der Waals surface area contributed by atoms with E-state index in [9.17, 15) is 18.0 Å². The molecule has 0 aromatic heterocycles. The number of thioether (sulfide) groups is 1. The summed E-state index contributed by atoms with van der Waals surface area (Å²) in [5.74, 6) is 1.23. The van der Waals surface area contributed by atoms with Gasteiger partial charge in [-0.05, 0) is 67.6 Å². The first-order valence-corrected chi connectivity index (χ1v) is 16.5. The van der Waals surface area contributed by atoms with Crippen molar-refractivity contribution in [2.75, 3.05) is 36.2 Å². The third-order valence-electron chi connectivity index (χ3n) is 5.88. The van der Waals surface area contributed by atoms with Gasteiger partial charge in [-0.25, -0.2) is 4.79 Å². The predicted molar refractivity (Wildman–Crippen MR) is 143 cm³/mol. The minimum Gasteiger partial charge on any atom is -0.493 e. The molecule has 0 unspecified atom stereocenters.